The number of aliphatic hydroxyl groups excluding tert-OH is 1. The van der Waals surface area contributed by atoms with E-state index in [2.05, 4.69) is 13.8 Å². The summed E-state index contributed by atoms with van der Waals surface area (Å²) in [7, 11) is 0. The molecule has 3 fully saturated rings. The van der Waals surface area contributed by atoms with Crippen LogP contribution in [0, 0.1) is 34.5 Å². The molecule has 0 aliphatic heterocycles. The number of alkyl halides is 1. The topological polar surface area (TPSA) is 63.6 Å². The maximum absolute atomic E-state index is 15.5. The number of unbranched alkanes of at least 4 members (excludes halogenated alkanes) is 1. The smallest absolute Gasteiger partial charge is 0.306 e. The number of rotatable bonds is 6. The minimum absolute atomic E-state index is 0.0792. The summed E-state index contributed by atoms with van der Waals surface area (Å²) in [6, 6.07) is 0. The molecule has 0 saturated heterocycles. The maximum Gasteiger partial charge on any atom is 0.306 e. The summed E-state index contributed by atoms with van der Waals surface area (Å²) in [6.07, 6.45) is 5.27. The van der Waals surface area contributed by atoms with Crippen LogP contribution in [0.3, 0.4) is 0 Å². The Hall–Kier alpha value is -1.56. The van der Waals surface area contributed by atoms with Crippen molar-refractivity contribution in [1.82, 2.24) is 0 Å². The van der Waals surface area contributed by atoms with Crippen molar-refractivity contribution in [3.8, 4) is 0 Å². The summed E-state index contributed by atoms with van der Waals surface area (Å²) in [4.78, 5) is 24.6. The monoisotopic (exact) mass is 464 g/mol. The van der Waals surface area contributed by atoms with Gasteiger partial charge in [-0.15, -0.1) is 0 Å². The van der Waals surface area contributed by atoms with Crippen molar-refractivity contribution in [3.05, 3.63) is 23.6 Å². The van der Waals surface area contributed by atoms with Gasteiger partial charge in [0.1, 0.15) is 12.3 Å². The minimum Gasteiger partial charge on any atom is -0.461 e. The van der Waals surface area contributed by atoms with E-state index in [-0.39, 0.29) is 47.7 Å². The van der Waals surface area contributed by atoms with Crippen molar-refractivity contribution >= 4 is 11.8 Å². The van der Waals surface area contributed by atoms with Crippen LogP contribution in [0.4, 0.5) is 8.78 Å². The number of esters is 1. The van der Waals surface area contributed by atoms with Gasteiger partial charge in [0.2, 0.25) is 5.78 Å². The van der Waals surface area contributed by atoms with Crippen molar-refractivity contribution in [3.63, 3.8) is 0 Å². The van der Waals surface area contributed by atoms with Crippen molar-refractivity contribution in [2.45, 2.75) is 97.4 Å². The van der Waals surface area contributed by atoms with Crippen molar-refractivity contribution in [2.75, 3.05) is 0 Å². The van der Waals surface area contributed by atoms with Gasteiger partial charge in [0.25, 0.3) is 0 Å². The van der Waals surface area contributed by atoms with E-state index in [1.54, 1.807) is 13.0 Å². The molecule has 1 N–H and O–H groups in total. The summed E-state index contributed by atoms with van der Waals surface area (Å²) in [5.74, 6) is -2.32. The lowest BCUT2D eigenvalue weighted by Crippen LogP contribution is -2.59. The lowest BCUT2D eigenvalue weighted by molar-refractivity contribution is -0.177. The standard InChI is InChI=1S/C27H38F2O4/c1-5-7-8-21(32)33-25-15(3)12-17-16-13-18(28)23-24(29)19(30)9-11-26(23,4)22(16)20(31)14-27(17,25)10-6-2/h9,11,15-18,20,22,25,31H,5-8,10,12-14H2,1-4H3/t15-,16-,17-,18-,20-,22+,25+,26+,27-/m0/s1. The molecule has 4 aliphatic rings. The average Bonchev–Trinajstić information content (AvgIpc) is 3.01. The number of carbonyl (C=O) groups excluding carboxylic acids is 2. The second-order valence-electron chi connectivity index (χ2n) is 11.2. The van der Waals surface area contributed by atoms with E-state index < -0.39 is 34.7 Å². The number of hydrogen-bond acceptors (Lipinski definition) is 4. The highest BCUT2D eigenvalue weighted by Crippen LogP contribution is 2.68. The van der Waals surface area contributed by atoms with Gasteiger partial charge in [-0.1, -0.05) is 46.6 Å². The first kappa shape index (κ1) is 24.6. The first-order valence-electron chi connectivity index (χ1n) is 12.8. The molecule has 0 aromatic rings. The summed E-state index contributed by atoms with van der Waals surface area (Å²) in [5.41, 5.74) is -1.52. The number of fused-ring (bicyclic) bond motifs is 5. The van der Waals surface area contributed by atoms with Gasteiger partial charge in [-0.3, -0.25) is 9.59 Å². The third-order valence-corrected chi connectivity index (χ3v) is 9.24. The fourth-order valence-electron chi connectivity index (χ4n) is 8.17. The summed E-state index contributed by atoms with van der Waals surface area (Å²) in [5, 5.41) is 11.5. The highest BCUT2D eigenvalue weighted by molar-refractivity contribution is 6.04. The van der Waals surface area contributed by atoms with Gasteiger partial charge in [0.05, 0.1) is 6.10 Å². The number of ether oxygens (including phenoxy) is 1. The zero-order valence-electron chi connectivity index (χ0n) is 20.3. The van der Waals surface area contributed by atoms with Crippen molar-refractivity contribution < 1.29 is 28.2 Å². The Kier molecular flexibility index (Phi) is 6.63. The lowest BCUT2D eigenvalue weighted by Gasteiger charge is -2.59. The van der Waals surface area contributed by atoms with Gasteiger partial charge >= 0.3 is 5.97 Å². The highest BCUT2D eigenvalue weighted by atomic mass is 19.1. The van der Waals surface area contributed by atoms with Crippen molar-refractivity contribution in [1.29, 1.82) is 0 Å². The Morgan fingerprint density at radius 2 is 2.00 bits per heavy atom. The zero-order valence-corrected chi connectivity index (χ0v) is 20.3. The maximum atomic E-state index is 15.5. The molecular formula is C27H38F2O4. The molecule has 3 saturated carbocycles. The van der Waals surface area contributed by atoms with Crippen LogP contribution in [-0.4, -0.2) is 35.2 Å². The summed E-state index contributed by atoms with van der Waals surface area (Å²) < 4.78 is 36.5. The largest absolute Gasteiger partial charge is 0.461 e. The van der Waals surface area contributed by atoms with Crippen LogP contribution in [0.15, 0.2) is 23.6 Å². The molecule has 0 aromatic heterocycles. The number of ketones is 1. The highest BCUT2D eigenvalue weighted by Gasteiger charge is 2.67. The Morgan fingerprint density at radius 1 is 1.27 bits per heavy atom. The number of aliphatic hydroxyl groups is 1. The molecule has 0 aromatic carbocycles. The molecule has 0 radical (unpaired) electrons. The molecule has 0 unspecified atom stereocenters. The first-order valence-corrected chi connectivity index (χ1v) is 12.8. The quantitative estimate of drug-likeness (QED) is 0.517. The van der Waals surface area contributed by atoms with Crippen LogP contribution in [0.1, 0.15) is 79.1 Å². The average molecular weight is 465 g/mol. The normalized spacial score (nSPS) is 44.3. The van der Waals surface area contributed by atoms with Crippen molar-refractivity contribution in [2.24, 2.45) is 34.5 Å². The van der Waals surface area contributed by atoms with E-state index in [0.29, 0.717) is 12.8 Å². The van der Waals surface area contributed by atoms with Gasteiger partial charge in [0.15, 0.2) is 5.83 Å². The van der Waals surface area contributed by atoms with E-state index in [1.807, 2.05) is 6.92 Å². The fraction of sp³-hybridized carbons (Fsp3) is 0.778. The molecule has 4 nitrogen and oxygen atoms in total. The molecule has 0 heterocycles. The van der Waals surface area contributed by atoms with E-state index in [4.69, 9.17) is 4.74 Å². The zero-order chi connectivity index (χ0) is 24.1. The van der Waals surface area contributed by atoms with Gasteiger partial charge in [-0.05, 0) is 55.9 Å². The number of hydrogen-bond donors (Lipinski definition) is 1. The second-order valence-corrected chi connectivity index (χ2v) is 11.2. The Morgan fingerprint density at radius 3 is 2.67 bits per heavy atom. The molecular weight excluding hydrogens is 426 g/mol. The number of carbonyl (C=O) groups is 2. The van der Waals surface area contributed by atoms with Crippen LogP contribution in [-0.2, 0) is 14.3 Å². The number of halogens is 2. The predicted octanol–water partition coefficient (Wildman–Crippen LogP) is 5.64. The Labute approximate surface area is 195 Å². The number of allylic oxidation sites excluding steroid dienone is 4. The van der Waals surface area contributed by atoms with Crippen LogP contribution in [0.5, 0.6) is 0 Å². The molecule has 184 valence electrons. The summed E-state index contributed by atoms with van der Waals surface area (Å²) in [6.45, 7) is 7.99. The van der Waals surface area contributed by atoms with Crippen LogP contribution in [0.2, 0.25) is 0 Å². The lowest BCUT2D eigenvalue weighted by atomic mass is 9.46. The van der Waals surface area contributed by atoms with E-state index in [0.717, 1.165) is 32.1 Å². The third-order valence-electron chi connectivity index (χ3n) is 9.24. The fourth-order valence-corrected chi connectivity index (χ4v) is 8.17. The first-order chi connectivity index (χ1) is 15.6. The van der Waals surface area contributed by atoms with Gasteiger partial charge in [0, 0.05) is 28.7 Å². The van der Waals surface area contributed by atoms with Gasteiger partial charge < -0.3 is 9.84 Å². The summed E-state index contributed by atoms with van der Waals surface area (Å²) >= 11 is 0. The van der Waals surface area contributed by atoms with E-state index in [1.165, 1.54) is 6.08 Å². The molecule has 0 spiro atoms. The third kappa shape index (κ3) is 3.71. The molecule has 4 rings (SSSR count). The molecule has 33 heavy (non-hydrogen) atoms. The van der Waals surface area contributed by atoms with Gasteiger partial charge in [-0.2, -0.15) is 0 Å². The van der Waals surface area contributed by atoms with Gasteiger partial charge in [-0.25, -0.2) is 8.78 Å². The molecule has 6 heteroatoms. The molecule has 0 bridgehead atoms. The molecule has 4 aliphatic carbocycles. The molecule has 0 amide bonds. The van der Waals surface area contributed by atoms with Crippen LogP contribution >= 0.6 is 0 Å². The Balaban J connectivity index is 1.72. The minimum atomic E-state index is -1.56. The van der Waals surface area contributed by atoms with E-state index in [9.17, 15) is 19.1 Å². The second kappa shape index (κ2) is 8.90. The van der Waals surface area contributed by atoms with Crippen LogP contribution in [0.25, 0.3) is 0 Å². The van der Waals surface area contributed by atoms with Crippen LogP contribution < -0.4 is 0 Å². The Bertz CT molecular complexity index is 866. The van der Waals surface area contributed by atoms with E-state index >= 15 is 4.39 Å². The predicted molar refractivity (Wildman–Crippen MR) is 122 cm³/mol. The molecule has 9 atom stereocenters. The SMILES string of the molecule is CCCCC(=O)O[C@@H]1[C@@H](C)C[C@H]2[C@@H]3C[C@H](F)C4=C(F)C(=O)C=C[C@]4(C)[C@H]3[C@@H](O)C[C@]12CCC.